The SMILES string of the molecule is COC(=O)c1ccc(-c2ccc(C)c(O)c2)cc1. The van der Waals surface area contributed by atoms with Gasteiger partial charge in [0.15, 0.2) is 0 Å². The summed E-state index contributed by atoms with van der Waals surface area (Å²) in [6.07, 6.45) is 0. The fourth-order valence-corrected chi connectivity index (χ4v) is 1.71. The molecule has 2 aromatic rings. The number of hydrogen-bond donors (Lipinski definition) is 1. The second kappa shape index (κ2) is 4.92. The van der Waals surface area contributed by atoms with Crippen LogP contribution in [0.15, 0.2) is 42.5 Å². The van der Waals surface area contributed by atoms with Crippen molar-refractivity contribution in [3.8, 4) is 16.9 Å². The summed E-state index contributed by atoms with van der Waals surface area (Å²) >= 11 is 0. The van der Waals surface area contributed by atoms with Crippen LogP contribution in [-0.4, -0.2) is 18.2 Å². The molecule has 0 heterocycles. The number of ether oxygens (including phenoxy) is 1. The fourth-order valence-electron chi connectivity index (χ4n) is 1.71. The first-order chi connectivity index (χ1) is 8.61. The lowest BCUT2D eigenvalue weighted by Crippen LogP contribution is -2.00. The topological polar surface area (TPSA) is 46.5 Å². The molecule has 0 aliphatic heterocycles. The van der Waals surface area contributed by atoms with Crippen molar-refractivity contribution in [2.24, 2.45) is 0 Å². The maximum Gasteiger partial charge on any atom is 0.337 e. The van der Waals surface area contributed by atoms with Crippen molar-refractivity contribution in [3.05, 3.63) is 53.6 Å². The van der Waals surface area contributed by atoms with Crippen molar-refractivity contribution in [3.63, 3.8) is 0 Å². The molecule has 0 unspecified atom stereocenters. The smallest absolute Gasteiger partial charge is 0.337 e. The monoisotopic (exact) mass is 242 g/mol. The van der Waals surface area contributed by atoms with Gasteiger partial charge in [-0.2, -0.15) is 0 Å². The van der Waals surface area contributed by atoms with Gasteiger partial charge in [-0.05, 0) is 41.8 Å². The van der Waals surface area contributed by atoms with E-state index in [9.17, 15) is 9.90 Å². The second-order valence-corrected chi connectivity index (χ2v) is 4.07. The van der Waals surface area contributed by atoms with Crippen LogP contribution in [0.25, 0.3) is 11.1 Å². The Bertz CT molecular complexity index is 571. The minimum Gasteiger partial charge on any atom is -0.508 e. The van der Waals surface area contributed by atoms with Gasteiger partial charge in [0, 0.05) is 0 Å². The molecule has 0 aliphatic rings. The van der Waals surface area contributed by atoms with Crippen molar-refractivity contribution in [1.82, 2.24) is 0 Å². The summed E-state index contributed by atoms with van der Waals surface area (Å²) in [5.41, 5.74) is 3.20. The van der Waals surface area contributed by atoms with Gasteiger partial charge >= 0.3 is 5.97 Å². The number of aromatic hydroxyl groups is 1. The van der Waals surface area contributed by atoms with E-state index in [0.29, 0.717) is 5.56 Å². The molecule has 3 heteroatoms. The molecular formula is C15H14O3. The van der Waals surface area contributed by atoms with E-state index in [2.05, 4.69) is 4.74 Å². The van der Waals surface area contributed by atoms with Crippen LogP contribution in [0, 0.1) is 6.92 Å². The summed E-state index contributed by atoms with van der Waals surface area (Å²) in [6, 6.07) is 12.6. The Balaban J connectivity index is 2.34. The largest absolute Gasteiger partial charge is 0.508 e. The van der Waals surface area contributed by atoms with Gasteiger partial charge in [-0.25, -0.2) is 4.79 Å². The Morgan fingerprint density at radius 3 is 2.22 bits per heavy atom. The van der Waals surface area contributed by atoms with Crippen LogP contribution in [-0.2, 0) is 4.74 Å². The van der Waals surface area contributed by atoms with Gasteiger partial charge in [-0.1, -0.05) is 24.3 Å². The molecule has 3 nitrogen and oxygen atoms in total. The van der Waals surface area contributed by atoms with Gasteiger partial charge in [-0.3, -0.25) is 0 Å². The van der Waals surface area contributed by atoms with Gasteiger partial charge < -0.3 is 9.84 Å². The van der Waals surface area contributed by atoms with E-state index in [-0.39, 0.29) is 11.7 Å². The molecule has 0 bridgehead atoms. The Morgan fingerprint density at radius 2 is 1.67 bits per heavy atom. The van der Waals surface area contributed by atoms with E-state index in [4.69, 9.17) is 0 Å². The highest BCUT2D eigenvalue weighted by molar-refractivity contribution is 5.90. The molecule has 0 spiro atoms. The summed E-state index contributed by atoms with van der Waals surface area (Å²) in [5, 5.41) is 9.67. The van der Waals surface area contributed by atoms with E-state index >= 15 is 0 Å². The number of aryl methyl sites for hydroxylation is 1. The standard InChI is InChI=1S/C15H14O3/c1-10-3-4-13(9-14(10)16)11-5-7-12(8-6-11)15(17)18-2/h3-9,16H,1-2H3. The molecule has 18 heavy (non-hydrogen) atoms. The highest BCUT2D eigenvalue weighted by Gasteiger charge is 2.06. The zero-order valence-corrected chi connectivity index (χ0v) is 10.3. The number of benzene rings is 2. The average Bonchev–Trinajstić information content (AvgIpc) is 2.41. The quantitative estimate of drug-likeness (QED) is 0.823. The van der Waals surface area contributed by atoms with Gasteiger partial charge in [-0.15, -0.1) is 0 Å². The third kappa shape index (κ3) is 2.35. The van der Waals surface area contributed by atoms with E-state index in [0.717, 1.165) is 16.7 Å². The van der Waals surface area contributed by atoms with Crippen LogP contribution in [0.5, 0.6) is 5.75 Å². The molecule has 2 rings (SSSR count). The van der Waals surface area contributed by atoms with Crippen LogP contribution in [0.2, 0.25) is 0 Å². The van der Waals surface area contributed by atoms with Gasteiger partial charge in [0.1, 0.15) is 5.75 Å². The zero-order valence-electron chi connectivity index (χ0n) is 10.3. The molecule has 0 amide bonds. The molecule has 1 N–H and O–H groups in total. The van der Waals surface area contributed by atoms with Crippen LogP contribution >= 0.6 is 0 Å². The van der Waals surface area contributed by atoms with Crippen molar-refractivity contribution in [2.75, 3.05) is 7.11 Å². The average molecular weight is 242 g/mol. The normalized spacial score (nSPS) is 10.1. The number of carbonyl (C=O) groups excluding carboxylic acids is 1. The molecule has 0 aromatic heterocycles. The third-order valence-corrected chi connectivity index (χ3v) is 2.85. The number of methoxy groups -OCH3 is 1. The van der Waals surface area contributed by atoms with E-state index in [1.165, 1.54) is 7.11 Å². The van der Waals surface area contributed by atoms with Crippen molar-refractivity contribution in [1.29, 1.82) is 0 Å². The molecular weight excluding hydrogens is 228 g/mol. The highest BCUT2D eigenvalue weighted by Crippen LogP contribution is 2.26. The van der Waals surface area contributed by atoms with Crippen LogP contribution in [0.1, 0.15) is 15.9 Å². The maximum absolute atomic E-state index is 11.3. The number of hydrogen-bond acceptors (Lipinski definition) is 3. The first-order valence-corrected chi connectivity index (χ1v) is 5.60. The molecule has 0 radical (unpaired) electrons. The van der Waals surface area contributed by atoms with Gasteiger partial charge in [0.2, 0.25) is 0 Å². The van der Waals surface area contributed by atoms with Crippen molar-refractivity contribution < 1.29 is 14.6 Å². The minimum absolute atomic E-state index is 0.268. The van der Waals surface area contributed by atoms with E-state index < -0.39 is 0 Å². The first kappa shape index (κ1) is 12.2. The summed E-state index contributed by atoms with van der Waals surface area (Å²) in [7, 11) is 1.36. The molecule has 0 aliphatic carbocycles. The van der Waals surface area contributed by atoms with Crippen LogP contribution < -0.4 is 0 Å². The van der Waals surface area contributed by atoms with E-state index in [1.807, 2.05) is 31.2 Å². The van der Waals surface area contributed by atoms with Crippen molar-refractivity contribution in [2.45, 2.75) is 6.92 Å². The Hall–Kier alpha value is -2.29. The number of esters is 1. The number of phenolic OH excluding ortho intramolecular Hbond substituents is 1. The number of phenols is 1. The molecule has 0 fully saturated rings. The predicted octanol–water partition coefficient (Wildman–Crippen LogP) is 3.15. The minimum atomic E-state index is -0.353. The second-order valence-electron chi connectivity index (χ2n) is 4.07. The molecule has 0 atom stereocenters. The van der Waals surface area contributed by atoms with Crippen LogP contribution in [0.4, 0.5) is 0 Å². The fraction of sp³-hybridized carbons (Fsp3) is 0.133. The zero-order chi connectivity index (χ0) is 13.1. The predicted molar refractivity (Wildman–Crippen MR) is 69.6 cm³/mol. The summed E-state index contributed by atoms with van der Waals surface area (Å²) in [6.45, 7) is 1.85. The molecule has 2 aromatic carbocycles. The lowest BCUT2D eigenvalue weighted by molar-refractivity contribution is 0.0601. The Kier molecular flexibility index (Phi) is 3.33. The van der Waals surface area contributed by atoms with E-state index in [1.54, 1.807) is 18.2 Å². The highest BCUT2D eigenvalue weighted by atomic mass is 16.5. The Labute approximate surface area is 106 Å². The van der Waals surface area contributed by atoms with Gasteiger partial charge in [0.05, 0.1) is 12.7 Å². The Morgan fingerprint density at radius 1 is 1.06 bits per heavy atom. The lowest BCUT2D eigenvalue weighted by atomic mass is 10.0. The number of carbonyl (C=O) groups is 1. The molecule has 0 saturated heterocycles. The number of rotatable bonds is 2. The van der Waals surface area contributed by atoms with Gasteiger partial charge in [0.25, 0.3) is 0 Å². The van der Waals surface area contributed by atoms with Crippen LogP contribution in [0.3, 0.4) is 0 Å². The summed E-state index contributed by atoms with van der Waals surface area (Å²) < 4.78 is 4.64. The summed E-state index contributed by atoms with van der Waals surface area (Å²) in [4.78, 5) is 11.3. The molecule has 92 valence electrons. The lowest BCUT2D eigenvalue weighted by Gasteiger charge is -2.05. The third-order valence-electron chi connectivity index (χ3n) is 2.85. The van der Waals surface area contributed by atoms with Crippen molar-refractivity contribution >= 4 is 5.97 Å². The molecule has 0 saturated carbocycles. The first-order valence-electron chi connectivity index (χ1n) is 5.60. The summed E-state index contributed by atoms with van der Waals surface area (Å²) in [5.74, 6) is -0.0853. The maximum atomic E-state index is 11.3.